The van der Waals surface area contributed by atoms with Gasteiger partial charge in [-0.1, -0.05) is 11.6 Å². The molecule has 0 saturated carbocycles. The van der Waals surface area contributed by atoms with E-state index in [2.05, 4.69) is 15.3 Å². The number of rotatable bonds is 4. The van der Waals surface area contributed by atoms with Crippen LogP contribution in [0.15, 0.2) is 42.9 Å². The molecule has 0 fully saturated rings. The Hall–Kier alpha value is -3.32. The number of carbonyl (C=O) groups is 2. The van der Waals surface area contributed by atoms with Crippen molar-refractivity contribution in [3.05, 3.63) is 76.1 Å². The van der Waals surface area contributed by atoms with Gasteiger partial charge in [-0.15, -0.1) is 0 Å². The van der Waals surface area contributed by atoms with Crippen molar-refractivity contribution in [2.75, 3.05) is 11.9 Å². The van der Waals surface area contributed by atoms with E-state index in [4.69, 9.17) is 11.6 Å². The second-order valence-electron chi connectivity index (χ2n) is 7.84. The number of carbonyl (C=O) groups excluding carboxylic acids is 2. The maximum absolute atomic E-state index is 15.1. The molecule has 6 nitrogen and oxygen atoms in total. The number of hydrogen-bond acceptors (Lipinski definition) is 4. The first-order valence-corrected chi connectivity index (χ1v) is 10.6. The van der Waals surface area contributed by atoms with E-state index in [1.807, 2.05) is 13.8 Å². The van der Waals surface area contributed by atoms with Crippen molar-refractivity contribution in [3.8, 4) is 11.1 Å². The highest BCUT2D eigenvalue weighted by Gasteiger charge is 2.24. The van der Waals surface area contributed by atoms with E-state index in [-0.39, 0.29) is 16.6 Å². The molecular formula is C24H22ClFN4O2. The maximum Gasteiger partial charge on any atom is 0.271 e. The first kappa shape index (κ1) is 21.9. The van der Waals surface area contributed by atoms with Crippen LogP contribution in [0.4, 0.5) is 10.1 Å². The van der Waals surface area contributed by atoms with Gasteiger partial charge in [0.05, 0.1) is 11.1 Å². The van der Waals surface area contributed by atoms with Gasteiger partial charge in [-0.05, 0) is 61.2 Å². The van der Waals surface area contributed by atoms with E-state index in [1.54, 1.807) is 37.6 Å². The normalized spacial score (nSPS) is 14.2. The van der Waals surface area contributed by atoms with Crippen LogP contribution in [0, 0.1) is 12.7 Å². The zero-order valence-corrected chi connectivity index (χ0v) is 18.7. The summed E-state index contributed by atoms with van der Waals surface area (Å²) in [6.07, 6.45) is 5.74. The van der Waals surface area contributed by atoms with Gasteiger partial charge in [0.15, 0.2) is 0 Å². The summed E-state index contributed by atoms with van der Waals surface area (Å²) < 4.78 is 15.1. The number of anilines is 1. The lowest BCUT2D eigenvalue weighted by Gasteiger charge is -2.27. The third kappa shape index (κ3) is 3.96. The van der Waals surface area contributed by atoms with Gasteiger partial charge in [0, 0.05) is 48.9 Å². The Balaban J connectivity index is 1.67. The molecule has 1 N–H and O–H groups in total. The number of amides is 2. The van der Waals surface area contributed by atoms with Gasteiger partial charge in [0.1, 0.15) is 11.5 Å². The maximum atomic E-state index is 15.1. The number of benzene rings is 1. The van der Waals surface area contributed by atoms with Crippen LogP contribution in [0.5, 0.6) is 0 Å². The van der Waals surface area contributed by atoms with E-state index >= 15 is 4.39 Å². The molecule has 8 heteroatoms. The monoisotopic (exact) mass is 452 g/mol. The molecule has 4 rings (SSSR count). The number of halogens is 2. The summed E-state index contributed by atoms with van der Waals surface area (Å²) in [4.78, 5) is 34.4. The summed E-state index contributed by atoms with van der Waals surface area (Å²) in [6.45, 7) is 3.70. The summed E-state index contributed by atoms with van der Waals surface area (Å²) >= 11 is 6.08. The summed E-state index contributed by atoms with van der Waals surface area (Å²) in [7, 11) is 1.66. The van der Waals surface area contributed by atoms with Crippen molar-refractivity contribution in [2.45, 2.75) is 32.7 Å². The van der Waals surface area contributed by atoms with E-state index in [1.165, 1.54) is 17.2 Å². The van der Waals surface area contributed by atoms with Crippen LogP contribution >= 0.6 is 11.6 Å². The number of aromatic nitrogens is 2. The first-order chi connectivity index (χ1) is 15.3. The lowest BCUT2D eigenvalue weighted by atomic mass is 9.92. The Morgan fingerprint density at radius 1 is 1.25 bits per heavy atom. The van der Waals surface area contributed by atoms with E-state index in [9.17, 15) is 9.59 Å². The second-order valence-corrected chi connectivity index (χ2v) is 8.25. The average molecular weight is 453 g/mol. The highest BCUT2D eigenvalue weighted by Crippen LogP contribution is 2.36. The zero-order valence-electron chi connectivity index (χ0n) is 17.9. The molecule has 3 aromatic rings. The van der Waals surface area contributed by atoms with Gasteiger partial charge in [-0.25, -0.2) is 9.37 Å². The number of nitrogens with zero attached hydrogens (tertiary/aromatic N) is 3. The largest absolute Gasteiger partial charge is 0.344 e. The molecule has 1 unspecified atom stereocenters. The minimum absolute atomic E-state index is 0.0259. The molecule has 1 aliphatic heterocycles. The van der Waals surface area contributed by atoms with E-state index in [0.29, 0.717) is 29.7 Å². The van der Waals surface area contributed by atoms with Crippen molar-refractivity contribution in [1.29, 1.82) is 0 Å². The Morgan fingerprint density at radius 3 is 2.78 bits per heavy atom. The van der Waals surface area contributed by atoms with Crippen LogP contribution in [-0.2, 0) is 11.2 Å². The van der Waals surface area contributed by atoms with Gasteiger partial charge in [0.2, 0.25) is 5.91 Å². The molecule has 2 amide bonds. The molecule has 3 heterocycles. The SMILES string of the molecule is Cc1c(-c2cc3c(cc2F)N(C)C(=O)CC3)cncc1C(C)NC(=O)c1ncccc1Cl. The summed E-state index contributed by atoms with van der Waals surface area (Å²) in [5.74, 6) is -0.855. The third-order valence-corrected chi connectivity index (χ3v) is 6.15. The Labute approximate surface area is 190 Å². The highest BCUT2D eigenvalue weighted by atomic mass is 35.5. The van der Waals surface area contributed by atoms with Crippen molar-refractivity contribution in [3.63, 3.8) is 0 Å². The van der Waals surface area contributed by atoms with Crippen LogP contribution < -0.4 is 10.2 Å². The quantitative estimate of drug-likeness (QED) is 0.625. The topological polar surface area (TPSA) is 75.2 Å². The van der Waals surface area contributed by atoms with Crippen LogP contribution in [-0.4, -0.2) is 28.8 Å². The van der Waals surface area contributed by atoms with E-state index in [0.717, 1.165) is 16.7 Å². The van der Waals surface area contributed by atoms with Crippen molar-refractivity contribution >= 4 is 29.1 Å². The third-order valence-electron chi connectivity index (χ3n) is 5.84. The van der Waals surface area contributed by atoms with Crippen LogP contribution in [0.2, 0.25) is 5.02 Å². The molecular weight excluding hydrogens is 431 g/mol. The number of nitrogens with one attached hydrogen (secondary N) is 1. The minimum Gasteiger partial charge on any atom is -0.344 e. The Bertz CT molecular complexity index is 1230. The predicted octanol–water partition coefficient (Wildman–Crippen LogP) is 4.64. The number of aryl methyl sites for hydroxylation is 1. The fourth-order valence-corrected chi connectivity index (χ4v) is 4.22. The van der Waals surface area contributed by atoms with E-state index < -0.39 is 17.8 Å². The second kappa shape index (κ2) is 8.67. The molecule has 164 valence electrons. The summed E-state index contributed by atoms with van der Waals surface area (Å²) in [6, 6.07) is 6.05. The van der Waals surface area contributed by atoms with Gasteiger partial charge in [0.25, 0.3) is 5.91 Å². The smallest absolute Gasteiger partial charge is 0.271 e. The number of pyridine rings is 2. The standard InChI is InChI=1S/C24H22ClFN4O2/c1-13-17(14(2)29-24(32)23-19(25)5-4-8-28-23)11-27-12-18(13)16-9-15-6-7-22(31)30(3)21(15)10-20(16)26/h4-5,8-12,14H,6-7H2,1-3H3,(H,29,32). The average Bonchev–Trinajstić information content (AvgIpc) is 2.77. The van der Waals surface area contributed by atoms with Crippen molar-refractivity contribution < 1.29 is 14.0 Å². The van der Waals surface area contributed by atoms with Gasteiger partial charge in [-0.3, -0.25) is 14.6 Å². The number of hydrogen-bond donors (Lipinski definition) is 1. The Kier molecular flexibility index (Phi) is 5.93. The molecule has 0 aliphatic carbocycles. The number of fused-ring (bicyclic) bond motifs is 1. The molecule has 1 atom stereocenters. The van der Waals surface area contributed by atoms with Crippen LogP contribution in [0.1, 0.15) is 46.6 Å². The van der Waals surface area contributed by atoms with Gasteiger partial charge < -0.3 is 10.2 Å². The molecule has 0 bridgehead atoms. The fraction of sp³-hybridized carbons (Fsp3) is 0.250. The lowest BCUT2D eigenvalue weighted by molar-refractivity contribution is -0.118. The fourth-order valence-electron chi connectivity index (χ4n) is 4.02. The molecule has 0 saturated heterocycles. The molecule has 32 heavy (non-hydrogen) atoms. The molecule has 1 aromatic carbocycles. The molecule has 0 spiro atoms. The molecule has 0 radical (unpaired) electrons. The van der Waals surface area contributed by atoms with Crippen LogP contribution in [0.25, 0.3) is 11.1 Å². The summed E-state index contributed by atoms with van der Waals surface area (Å²) in [5.41, 5.74) is 4.27. The molecule has 2 aromatic heterocycles. The highest BCUT2D eigenvalue weighted by molar-refractivity contribution is 6.33. The van der Waals surface area contributed by atoms with Gasteiger partial charge in [-0.2, -0.15) is 0 Å². The van der Waals surface area contributed by atoms with Crippen molar-refractivity contribution in [2.24, 2.45) is 0 Å². The molecule has 1 aliphatic rings. The first-order valence-electron chi connectivity index (χ1n) is 10.2. The minimum atomic E-state index is -0.427. The Morgan fingerprint density at radius 2 is 2.03 bits per heavy atom. The van der Waals surface area contributed by atoms with Gasteiger partial charge >= 0.3 is 0 Å². The zero-order chi connectivity index (χ0) is 23.0. The van der Waals surface area contributed by atoms with Crippen LogP contribution in [0.3, 0.4) is 0 Å². The lowest BCUT2D eigenvalue weighted by Crippen LogP contribution is -2.31. The summed E-state index contributed by atoms with van der Waals surface area (Å²) in [5, 5.41) is 3.15. The van der Waals surface area contributed by atoms with Crippen molar-refractivity contribution in [1.82, 2.24) is 15.3 Å². The predicted molar refractivity (Wildman–Crippen MR) is 121 cm³/mol.